The lowest BCUT2D eigenvalue weighted by atomic mass is 9.96. The summed E-state index contributed by atoms with van der Waals surface area (Å²) < 4.78 is 28.2. The largest absolute Gasteiger partial charge is 0.353 e. The minimum atomic E-state index is -3.66. The molecule has 0 bridgehead atoms. The van der Waals surface area contributed by atoms with E-state index < -0.39 is 10.0 Å². The number of piperidine rings is 1. The monoisotopic (exact) mass is 497 g/mol. The van der Waals surface area contributed by atoms with Crippen LogP contribution in [0.15, 0.2) is 53.4 Å². The first kappa shape index (κ1) is 25.4. The van der Waals surface area contributed by atoms with Gasteiger partial charge in [-0.25, -0.2) is 8.42 Å². The summed E-state index contributed by atoms with van der Waals surface area (Å²) in [6.45, 7) is 6.21. The van der Waals surface area contributed by atoms with E-state index in [0.29, 0.717) is 32.4 Å². The summed E-state index contributed by atoms with van der Waals surface area (Å²) in [6.07, 6.45) is 3.28. The van der Waals surface area contributed by atoms with Gasteiger partial charge in [0.05, 0.1) is 4.90 Å². The summed E-state index contributed by atoms with van der Waals surface area (Å²) in [6, 6.07) is 15.2. The van der Waals surface area contributed by atoms with E-state index in [9.17, 15) is 18.0 Å². The highest BCUT2D eigenvalue weighted by molar-refractivity contribution is 7.89. The maximum atomic E-state index is 13.3. The van der Waals surface area contributed by atoms with Crippen molar-refractivity contribution in [3.8, 4) is 0 Å². The van der Waals surface area contributed by atoms with Gasteiger partial charge in [-0.1, -0.05) is 37.3 Å². The number of rotatable bonds is 7. The molecule has 1 saturated heterocycles. The third-order valence-electron chi connectivity index (χ3n) is 7.23. The van der Waals surface area contributed by atoms with Crippen LogP contribution in [0.25, 0.3) is 0 Å². The average molecular weight is 498 g/mol. The summed E-state index contributed by atoms with van der Waals surface area (Å²) in [5.74, 6) is -0.210. The fraction of sp³-hybridized carbons (Fsp3) is 0.481. The van der Waals surface area contributed by atoms with Crippen LogP contribution in [0.5, 0.6) is 0 Å². The standard InChI is InChI=1S/C27H35N3O4S/c1-4-24(17-21-8-6-5-7-9-21)28-27(32)22-12-14-29(15-13-22)35(33,34)25-10-11-26-23(18-25)16-19(2)30(26)20(3)31/h5-11,18-19,22,24H,4,12-17H2,1-3H3,(H,28,32)/t19-,24-/m1/s1. The second kappa shape index (κ2) is 10.5. The molecule has 2 aliphatic rings. The molecule has 1 fully saturated rings. The Kier molecular flexibility index (Phi) is 7.62. The zero-order chi connectivity index (χ0) is 25.2. The van der Waals surface area contributed by atoms with Gasteiger partial charge in [0.25, 0.3) is 0 Å². The maximum Gasteiger partial charge on any atom is 0.243 e. The second-order valence-corrected chi connectivity index (χ2v) is 11.7. The van der Waals surface area contributed by atoms with Crippen molar-refractivity contribution in [3.05, 3.63) is 59.7 Å². The Morgan fingerprint density at radius 2 is 1.77 bits per heavy atom. The lowest BCUT2D eigenvalue weighted by Crippen LogP contribution is -2.45. The molecule has 0 spiro atoms. The first-order valence-electron chi connectivity index (χ1n) is 12.5. The molecule has 2 heterocycles. The summed E-state index contributed by atoms with van der Waals surface area (Å²) in [5.41, 5.74) is 2.86. The van der Waals surface area contributed by atoms with E-state index in [0.717, 1.165) is 24.1 Å². The molecule has 35 heavy (non-hydrogen) atoms. The summed E-state index contributed by atoms with van der Waals surface area (Å²) in [4.78, 5) is 26.9. The number of carbonyl (C=O) groups is 2. The van der Waals surface area contributed by atoms with Gasteiger partial charge in [-0.05, 0) is 68.4 Å². The molecule has 2 atom stereocenters. The maximum absolute atomic E-state index is 13.3. The third-order valence-corrected chi connectivity index (χ3v) is 9.13. The van der Waals surface area contributed by atoms with Crippen LogP contribution in [0.3, 0.4) is 0 Å². The van der Waals surface area contributed by atoms with Gasteiger partial charge in [0.1, 0.15) is 0 Å². The molecule has 0 radical (unpaired) electrons. The molecule has 8 heteroatoms. The highest BCUT2D eigenvalue weighted by atomic mass is 32.2. The van der Waals surface area contributed by atoms with Crippen molar-refractivity contribution < 1.29 is 18.0 Å². The van der Waals surface area contributed by atoms with Crippen LogP contribution in [-0.2, 0) is 32.5 Å². The Morgan fingerprint density at radius 3 is 2.40 bits per heavy atom. The molecule has 0 aliphatic carbocycles. The number of anilines is 1. The van der Waals surface area contributed by atoms with E-state index in [1.165, 1.54) is 16.8 Å². The van der Waals surface area contributed by atoms with Gasteiger partial charge >= 0.3 is 0 Å². The van der Waals surface area contributed by atoms with Crippen molar-refractivity contribution in [2.75, 3.05) is 18.0 Å². The predicted molar refractivity (Wildman–Crippen MR) is 137 cm³/mol. The molecule has 2 aromatic carbocycles. The molecule has 188 valence electrons. The van der Waals surface area contributed by atoms with Crippen LogP contribution in [0.4, 0.5) is 5.69 Å². The van der Waals surface area contributed by atoms with Crippen molar-refractivity contribution in [1.29, 1.82) is 0 Å². The number of carbonyl (C=O) groups excluding carboxylic acids is 2. The summed E-state index contributed by atoms with van der Waals surface area (Å²) in [5, 5.41) is 3.18. The highest BCUT2D eigenvalue weighted by Gasteiger charge is 2.35. The summed E-state index contributed by atoms with van der Waals surface area (Å²) in [7, 11) is -3.66. The van der Waals surface area contributed by atoms with Gasteiger partial charge in [0, 0.05) is 43.7 Å². The Hall–Kier alpha value is -2.71. The van der Waals surface area contributed by atoms with Gasteiger partial charge in [-0.15, -0.1) is 0 Å². The van der Waals surface area contributed by atoms with Crippen LogP contribution in [0, 0.1) is 5.92 Å². The van der Waals surface area contributed by atoms with Crippen LogP contribution >= 0.6 is 0 Å². The van der Waals surface area contributed by atoms with E-state index in [2.05, 4.69) is 24.4 Å². The van der Waals surface area contributed by atoms with Crippen LogP contribution < -0.4 is 10.2 Å². The molecule has 0 unspecified atom stereocenters. The quantitative estimate of drug-likeness (QED) is 0.634. The Morgan fingerprint density at radius 1 is 1.09 bits per heavy atom. The summed E-state index contributed by atoms with van der Waals surface area (Å²) >= 11 is 0. The van der Waals surface area contributed by atoms with Crippen molar-refractivity contribution in [1.82, 2.24) is 9.62 Å². The van der Waals surface area contributed by atoms with E-state index in [1.54, 1.807) is 23.1 Å². The average Bonchev–Trinajstić information content (AvgIpc) is 3.19. The zero-order valence-electron chi connectivity index (χ0n) is 20.7. The Balaban J connectivity index is 1.37. The number of fused-ring (bicyclic) bond motifs is 1. The predicted octanol–water partition coefficient (Wildman–Crippen LogP) is 3.52. The Bertz CT molecular complexity index is 1170. The first-order valence-corrected chi connectivity index (χ1v) is 13.9. The van der Waals surface area contributed by atoms with E-state index in [-0.39, 0.29) is 34.7 Å². The van der Waals surface area contributed by atoms with Gasteiger partial charge in [-0.3, -0.25) is 9.59 Å². The lowest BCUT2D eigenvalue weighted by Gasteiger charge is -2.31. The van der Waals surface area contributed by atoms with Gasteiger partial charge in [-0.2, -0.15) is 4.31 Å². The Labute approximate surface area is 208 Å². The minimum Gasteiger partial charge on any atom is -0.353 e. The smallest absolute Gasteiger partial charge is 0.243 e. The zero-order valence-corrected chi connectivity index (χ0v) is 21.6. The van der Waals surface area contributed by atoms with Gasteiger partial charge < -0.3 is 10.2 Å². The van der Waals surface area contributed by atoms with E-state index in [1.807, 2.05) is 25.1 Å². The molecule has 1 N–H and O–H groups in total. The molecule has 0 aromatic heterocycles. The molecule has 2 aliphatic heterocycles. The topological polar surface area (TPSA) is 86.8 Å². The molecule has 7 nitrogen and oxygen atoms in total. The van der Waals surface area contributed by atoms with Crippen LogP contribution in [0.1, 0.15) is 51.2 Å². The normalized spacial score (nSPS) is 19.9. The fourth-order valence-electron chi connectivity index (χ4n) is 5.27. The highest BCUT2D eigenvalue weighted by Crippen LogP contribution is 2.35. The van der Waals surface area contributed by atoms with Crippen LogP contribution in [0.2, 0.25) is 0 Å². The molecular formula is C27H35N3O4S. The van der Waals surface area contributed by atoms with Crippen LogP contribution in [-0.4, -0.2) is 49.7 Å². The molecule has 2 amide bonds. The first-order chi connectivity index (χ1) is 16.7. The second-order valence-electron chi connectivity index (χ2n) is 9.71. The number of amides is 2. The lowest BCUT2D eigenvalue weighted by molar-refractivity contribution is -0.126. The molecular weight excluding hydrogens is 462 g/mol. The number of hydrogen-bond donors (Lipinski definition) is 1. The van der Waals surface area contributed by atoms with Crippen molar-refractivity contribution in [2.45, 2.75) is 69.9 Å². The van der Waals surface area contributed by atoms with Gasteiger partial charge in [0.15, 0.2) is 0 Å². The van der Waals surface area contributed by atoms with Gasteiger partial charge in [0.2, 0.25) is 21.8 Å². The number of hydrogen-bond acceptors (Lipinski definition) is 4. The number of nitrogens with zero attached hydrogens (tertiary/aromatic N) is 2. The minimum absolute atomic E-state index is 0.0145. The van der Waals surface area contributed by atoms with Crippen molar-refractivity contribution in [2.24, 2.45) is 5.92 Å². The SMILES string of the molecule is CC[C@H](Cc1ccccc1)NC(=O)C1CCN(S(=O)(=O)c2ccc3c(c2)C[C@@H](C)N3C(C)=O)CC1. The molecule has 2 aromatic rings. The van der Waals surface area contributed by atoms with Crippen molar-refractivity contribution in [3.63, 3.8) is 0 Å². The van der Waals surface area contributed by atoms with E-state index >= 15 is 0 Å². The molecule has 4 rings (SSSR count). The number of benzene rings is 2. The number of sulfonamides is 1. The van der Waals surface area contributed by atoms with E-state index in [4.69, 9.17) is 0 Å². The molecule has 0 saturated carbocycles. The fourth-order valence-corrected chi connectivity index (χ4v) is 6.79. The number of nitrogens with one attached hydrogen (secondary N) is 1. The third kappa shape index (κ3) is 5.43. The van der Waals surface area contributed by atoms with Crippen molar-refractivity contribution >= 4 is 27.5 Å².